The van der Waals surface area contributed by atoms with Crippen molar-refractivity contribution in [2.24, 2.45) is 0 Å². The minimum atomic E-state index is 0.322. The summed E-state index contributed by atoms with van der Waals surface area (Å²) in [4.78, 5) is 0. The fourth-order valence-electron chi connectivity index (χ4n) is 1.95. The Morgan fingerprint density at radius 3 is 2.94 bits per heavy atom. The molecule has 0 aliphatic rings. The van der Waals surface area contributed by atoms with Crippen LogP contribution in [-0.4, -0.2) is 9.78 Å². The lowest BCUT2D eigenvalue weighted by Crippen LogP contribution is -2.20. The van der Waals surface area contributed by atoms with Gasteiger partial charge in [0.05, 0.1) is 5.69 Å². The van der Waals surface area contributed by atoms with Crippen molar-refractivity contribution in [1.29, 1.82) is 0 Å². The third-order valence-corrected chi connectivity index (χ3v) is 3.54. The van der Waals surface area contributed by atoms with Crippen LogP contribution in [-0.2, 0) is 13.1 Å². The third-order valence-electron chi connectivity index (χ3n) is 3.04. The molecule has 0 saturated carbocycles. The highest BCUT2D eigenvalue weighted by Gasteiger charge is 2.07. The Labute approximate surface area is 116 Å². The van der Waals surface area contributed by atoms with Crippen LogP contribution in [0.1, 0.15) is 31.1 Å². The number of hydrogen-bond acceptors (Lipinski definition) is 2. The zero-order chi connectivity index (χ0) is 13.0. The lowest BCUT2D eigenvalue weighted by molar-refractivity contribution is 0.531. The summed E-state index contributed by atoms with van der Waals surface area (Å²) in [5, 5.41) is 7.79. The van der Waals surface area contributed by atoms with Gasteiger partial charge in [-0.15, -0.1) is 0 Å². The van der Waals surface area contributed by atoms with Crippen molar-refractivity contribution < 1.29 is 0 Å². The molecule has 1 aromatic carbocycles. The molecule has 0 aliphatic heterocycles. The van der Waals surface area contributed by atoms with Crippen LogP contribution in [0.5, 0.6) is 0 Å². The van der Waals surface area contributed by atoms with Crippen molar-refractivity contribution in [3.8, 4) is 0 Å². The van der Waals surface area contributed by atoms with Gasteiger partial charge in [-0.1, -0.05) is 28.1 Å². The lowest BCUT2D eigenvalue weighted by Gasteiger charge is -2.15. The molecule has 1 atom stereocenters. The average Bonchev–Trinajstić information content (AvgIpc) is 2.83. The summed E-state index contributed by atoms with van der Waals surface area (Å²) in [6.07, 6.45) is 1.85. The van der Waals surface area contributed by atoms with Crippen molar-refractivity contribution in [3.05, 3.63) is 52.3 Å². The van der Waals surface area contributed by atoms with E-state index in [1.807, 2.05) is 16.9 Å². The normalized spacial score (nSPS) is 12.6. The van der Waals surface area contributed by atoms with Crippen LogP contribution < -0.4 is 5.32 Å². The van der Waals surface area contributed by atoms with Gasteiger partial charge in [0.2, 0.25) is 0 Å². The number of nitrogens with zero attached hydrogens (tertiary/aromatic N) is 2. The van der Waals surface area contributed by atoms with Crippen LogP contribution >= 0.6 is 15.9 Å². The van der Waals surface area contributed by atoms with E-state index >= 15 is 0 Å². The van der Waals surface area contributed by atoms with Crippen molar-refractivity contribution in [2.45, 2.75) is 33.0 Å². The molecule has 2 aromatic rings. The predicted octanol–water partition coefficient (Wildman–Crippen LogP) is 3.52. The van der Waals surface area contributed by atoms with Gasteiger partial charge in [-0.3, -0.25) is 4.68 Å². The highest BCUT2D eigenvalue weighted by Crippen LogP contribution is 2.18. The van der Waals surface area contributed by atoms with Gasteiger partial charge in [0.1, 0.15) is 0 Å². The topological polar surface area (TPSA) is 29.9 Å². The molecule has 96 valence electrons. The summed E-state index contributed by atoms with van der Waals surface area (Å²) >= 11 is 3.50. The van der Waals surface area contributed by atoms with Crippen molar-refractivity contribution >= 4 is 15.9 Å². The SMILES string of the molecule is CCn1nccc1CN[C@H](C)c1cccc(Br)c1. The lowest BCUT2D eigenvalue weighted by atomic mass is 10.1. The van der Waals surface area contributed by atoms with Gasteiger partial charge < -0.3 is 5.32 Å². The zero-order valence-corrected chi connectivity index (χ0v) is 12.3. The molecule has 1 N–H and O–H groups in total. The molecule has 0 unspecified atom stereocenters. The van der Waals surface area contributed by atoms with E-state index in [0.717, 1.165) is 17.6 Å². The van der Waals surface area contributed by atoms with Gasteiger partial charge in [-0.05, 0) is 37.6 Å². The molecule has 3 nitrogen and oxygen atoms in total. The van der Waals surface area contributed by atoms with Crippen LogP contribution in [0.25, 0.3) is 0 Å². The Morgan fingerprint density at radius 1 is 1.39 bits per heavy atom. The third kappa shape index (κ3) is 3.21. The van der Waals surface area contributed by atoms with Crippen molar-refractivity contribution in [2.75, 3.05) is 0 Å². The molecular formula is C14H18BrN3. The Balaban J connectivity index is 1.98. The maximum Gasteiger partial charge on any atom is 0.0522 e. The maximum absolute atomic E-state index is 4.27. The van der Waals surface area contributed by atoms with Gasteiger partial charge in [0.25, 0.3) is 0 Å². The van der Waals surface area contributed by atoms with E-state index in [9.17, 15) is 0 Å². The number of aromatic nitrogens is 2. The second-order valence-electron chi connectivity index (χ2n) is 4.30. The summed E-state index contributed by atoms with van der Waals surface area (Å²) < 4.78 is 3.13. The summed E-state index contributed by atoms with van der Waals surface area (Å²) in [6.45, 7) is 6.03. The Hall–Kier alpha value is -1.13. The second-order valence-corrected chi connectivity index (χ2v) is 5.21. The molecule has 1 aromatic heterocycles. The molecule has 0 aliphatic carbocycles. The van der Waals surface area contributed by atoms with E-state index < -0.39 is 0 Å². The Morgan fingerprint density at radius 2 is 2.22 bits per heavy atom. The fourth-order valence-corrected chi connectivity index (χ4v) is 2.36. The van der Waals surface area contributed by atoms with Gasteiger partial charge in [0, 0.05) is 29.8 Å². The molecular weight excluding hydrogens is 290 g/mol. The minimum Gasteiger partial charge on any atom is -0.305 e. The summed E-state index contributed by atoms with van der Waals surface area (Å²) in [6, 6.07) is 10.8. The molecule has 2 rings (SSSR count). The van der Waals surface area contributed by atoms with Crippen LogP contribution in [0.2, 0.25) is 0 Å². The van der Waals surface area contributed by atoms with Crippen LogP contribution in [0.4, 0.5) is 0 Å². The number of rotatable bonds is 5. The number of aryl methyl sites for hydroxylation is 1. The minimum absolute atomic E-state index is 0.322. The van der Waals surface area contributed by atoms with E-state index in [1.54, 1.807) is 0 Å². The molecule has 4 heteroatoms. The molecule has 18 heavy (non-hydrogen) atoms. The summed E-state index contributed by atoms with van der Waals surface area (Å²) in [5.41, 5.74) is 2.51. The van der Waals surface area contributed by atoms with Crippen molar-refractivity contribution in [3.63, 3.8) is 0 Å². The summed E-state index contributed by atoms with van der Waals surface area (Å²) in [7, 11) is 0. The smallest absolute Gasteiger partial charge is 0.0522 e. The average molecular weight is 308 g/mol. The van der Waals surface area contributed by atoms with Gasteiger partial charge >= 0.3 is 0 Å². The van der Waals surface area contributed by atoms with Gasteiger partial charge in [-0.2, -0.15) is 5.10 Å². The number of nitrogens with one attached hydrogen (secondary N) is 1. The molecule has 1 heterocycles. The predicted molar refractivity (Wildman–Crippen MR) is 77.3 cm³/mol. The van der Waals surface area contributed by atoms with Crippen LogP contribution in [0, 0.1) is 0 Å². The van der Waals surface area contributed by atoms with Gasteiger partial charge in [0.15, 0.2) is 0 Å². The first-order chi connectivity index (χ1) is 8.70. The Kier molecular flexibility index (Phi) is 4.55. The molecule has 0 amide bonds. The second kappa shape index (κ2) is 6.16. The van der Waals surface area contributed by atoms with Gasteiger partial charge in [-0.25, -0.2) is 0 Å². The van der Waals surface area contributed by atoms with E-state index in [4.69, 9.17) is 0 Å². The number of hydrogen-bond donors (Lipinski definition) is 1. The highest BCUT2D eigenvalue weighted by molar-refractivity contribution is 9.10. The first kappa shape index (κ1) is 13.3. The van der Waals surface area contributed by atoms with E-state index in [2.05, 4.69) is 64.5 Å². The number of benzene rings is 1. The molecule has 0 bridgehead atoms. The van der Waals surface area contributed by atoms with E-state index in [-0.39, 0.29) is 0 Å². The molecule has 0 spiro atoms. The maximum atomic E-state index is 4.27. The zero-order valence-electron chi connectivity index (χ0n) is 10.7. The van der Waals surface area contributed by atoms with Crippen LogP contribution in [0.15, 0.2) is 41.0 Å². The van der Waals surface area contributed by atoms with Crippen molar-refractivity contribution in [1.82, 2.24) is 15.1 Å². The number of halogens is 1. The fraction of sp³-hybridized carbons (Fsp3) is 0.357. The summed E-state index contributed by atoms with van der Waals surface area (Å²) in [5.74, 6) is 0. The molecule has 0 saturated heterocycles. The van der Waals surface area contributed by atoms with E-state index in [0.29, 0.717) is 6.04 Å². The molecule has 0 radical (unpaired) electrons. The largest absolute Gasteiger partial charge is 0.305 e. The Bertz CT molecular complexity index is 507. The molecule has 0 fully saturated rings. The first-order valence-corrected chi connectivity index (χ1v) is 6.99. The first-order valence-electron chi connectivity index (χ1n) is 6.20. The monoisotopic (exact) mass is 307 g/mol. The van der Waals surface area contributed by atoms with E-state index in [1.165, 1.54) is 11.3 Å². The van der Waals surface area contributed by atoms with Crippen LogP contribution in [0.3, 0.4) is 0 Å². The standard InChI is InChI=1S/C14H18BrN3/c1-3-18-14(7-8-17-18)10-16-11(2)12-5-4-6-13(15)9-12/h4-9,11,16H,3,10H2,1-2H3/t11-/m1/s1. The highest BCUT2D eigenvalue weighted by atomic mass is 79.9. The quantitative estimate of drug-likeness (QED) is 0.916.